The van der Waals surface area contributed by atoms with Crippen LogP contribution < -0.4 is 10.5 Å². The first kappa shape index (κ1) is 13.1. The number of hydrogen-bond donors (Lipinski definition) is 1. The molecule has 0 saturated carbocycles. The number of rotatable bonds is 2. The van der Waals surface area contributed by atoms with Crippen LogP contribution in [-0.2, 0) is 6.18 Å². The van der Waals surface area contributed by atoms with Gasteiger partial charge in [-0.3, -0.25) is 0 Å². The second-order valence-electron chi connectivity index (χ2n) is 3.81. The zero-order chi connectivity index (χ0) is 14.0. The minimum atomic E-state index is -4.54. The van der Waals surface area contributed by atoms with Crippen molar-refractivity contribution < 1.29 is 17.9 Å². The van der Waals surface area contributed by atoms with Crippen molar-refractivity contribution in [3.8, 4) is 11.8 Å². The Hall–Kier alpha value is -2.31. The highest BCUT2D eigenvalue weighted by Gasteiger charge is 2.33. The van der Waals surface area contributed by atoms with Crippen molar-refractivity contribution >= 4 is 5.69 Å². The lowest BCUT2D eigenvalue weighted by Crippen LogP contribution is -2.09. The van der Waals surface area contributed by atoms with E-state index >= 15 is 0 Å². The fourth-order valence-corrected chi connectivity index (χ4v) is 1.39. The number of alkyl halides is 3. The number of nitrogens with zero attached hydrogens (tertiary/aromatic N) is 2. The molecule has 0 radical (unpaired) electrons. The van der Waals surface area contributed by atoms with Crippen molar-refractivity contribution in [3.63, 3.8) is 0 Å². The van der Waals surface area contributed by atoms with E-state index in [-0.39, 0.29) is 5.75 Å². The van der Waals surface area contributed by atoms with Gasteiger partial charge in [0.1, 0.15) is 0 Å². The van der Waals surface area contributed by atoms with Gasteiger partial charge in [0, 0.05) is 6.20 Å². The van der Waals surface area contributed by atoms with Crippen LogP contribution in [0.1, 0.15) is 11.3 Å². The third kappa shape index (κ3) is 2.93. The largest absolute Gasteiger partial charge is 0.433 e. The normalized spacial score (nSPS) is 11.4. The molecule has 2 N–H and O–H groups in total. The molecule has 19 heavy (non-hydrogen) atoms. The third-order valence-corrected chi connectivity index (χ3v) is 2.41. The van der Waals surface area contributed by atoms with Crippen molar-refractivity contribution in [3.05, 3.63) is 41.7 Å². The molecule has 0 bridgehead atoms. The highest BCUT2D eigenvalue weighted by atomic mass is 19.4. The lowest BCUT2D eigenvalue weighted by Gasteiger charge is -2.10. The van der Waals surface area contributed by atoms with E-state index in [4.69, 9.17) is 10.5 Å². The molecular formula is C12H10F3N3O. The molecule has 0 aliphatic carbocycles. The predicted molar refractivity (Wildman–Crippen MR) is 62.7 cm³/mol. The van der Waals surface area contributed by atoms with E-state index < -0.39 is 17.9 Å². The van der Waals surface area contributed by atoms with Crippen LogP contribution in [0.25, 0.3) is 0 Å². The average Bonchev–Trinajstić information content (AvgIpc) is 2.34. The number of aryl methyl sites for hydroxylation is 1. The van der Waals surface area contributed by atoms with E-state index in [2.05, 4.69) is 9.97 Å². The van der Waals surface area contributed by atoms with Gasteiger partial charge in [-0.1, -0.05) is 12.1 Å². The second-order valence-corrected chi connectivity index (χ2v) is 3.81. The fourth-order valence-electron chi connectivity index (χ4n) is 1.39. The van der Waals surface area contributed by atoms with Gasteiger partial charge in [-0.05, 0) is 24.6 Å². The second kappa shape index (κ2) is 4.75. The van der Waals surface area contributed by atoms with E-state index in [1.165, 1.54) is 6.07 Å². The third-order valence-electron chi connectivity index (χ3n) is 2.41. The smallest absolute Gasteiger partial charge is 0.422 e. The van der Waals surface area contributed by atoms with Crippen LogP contribution in [0.5, 0.6) is 11.8 Å². The van der Waals surface area contributed by atoms with Gasteiger partial charge in [-0.2, -0.15) is 18.2 Å². The van der Waals surface area contributed by atoms with Crippen LogP contribution in [0, 0.1) is 6.92 Å². The molecule has 0 amide bonds. The van der Waals surface area contributed by atoms with Gasteiger partial charge in [-0.15, -0.1) is 0 Å². The van der Waals surface area contributed by atoms with Gasteiger partial charge in [0.15, 0.2) is 11.4 Å². The summed E-state index contributed by atoms with van der Waals surface area (Å²) in [6.07, 6.45) is -3.56. The van der Waals surface area contributed by atoms with Crippen LogP contribution in [-0.4, -0.2) is 9.97 Å². The molecule has 0 fully saturated rings. The van der Waals surface area contributed by atoms with Crippen molar-refractivity contribution in [1.82, 2.24) is 9.97 Å². The van der Waals surface area contributed by atoms with Crippen molar-refractivity contribution in [2.24, 2.45) is 0 Å². The molecular weight excluding hydrogens is 259 g/mol. The highest BCUT2D eigenvalue weighted by Crippen LogP contribution is 2.31. The number of anilines is 1. The van der Waals surface area contributed by atoms with Crippen LogP contribution in [0.3, 0.4) is 0 Å². The molecule has 1 aromatic heterocycles. The Labute approximate surface area is 107 Å². The van der Waals surface area contributed by atoms with Crippen LogP contribution >= 0.6 is 0 Å². The molecule has 0 aliphatic rings. The van der Waals surface area contributed by atoms with E-state index in [1.807, 2.05) is 0 Å². The summed E-state index contributed by atoms with van der Waals surface area (Å²) in [5, 5.41) is 0. The Morgan fingerprint density at radius 2 is 1.95 bits per heavy atom. The van der Waals surface area contributed by atoms with Gasteiger partial charge in [0.25, 0.3) is 0 Å². The molecule has 0 spiro atoms. The molecule has 2 rings (SSSR count). The molecule has 100 valence electrons. The van der Waals surface area contributed by atoms with E-state index in [0.29, 0.717) is 5.69 Å². The number of para-hydroxylation sites is 1. The first-order chi connectivity index (χ1) is 8.88. The lowest BCUT2D eigenvalue weighted by molar-refractivity contribution is -0.141. The summed E-state index contributed by atoms with van der Waals surface area (Å²) in [4.78, 5) is 6.93. The number of ether oxygens (including phenoxy) is 1. The summed E-state index contributed by atoms with van der Waals surface area (Å²) in [5.41, 5.74) is 5.78. The first-order valence-corrected chi connectivity index (χ1v) is 5.31. The van der Waals surface area contributed by atoms with Gasteiger partial charge < -0.3 is 10.5 Å². The summed E-state index contributed by atoms with van der Waals surface area (Å²) < 4.78 is 42.6. The highest BCUT2D eigenvalue weighted by molar-refractivity contribution is 5.58. The molecule has 7 heteroatoms. The number of halogens is 3. The minimum Gasteiger partial charge on any atom is -0.422 e. The SMILES string of the molecule is Cc1cccc(Oc2nccc(C(F)(F)F)n2)c1N. The monoisotopic (exact) mass is 269 g/mol. The topological polar surface area (TPSA) is 61.0 Å². The van der Waals surface area contributed by atoms with E-state index in [1.54, 1.807) is 19.1 Å². The Kier molecular flexibility index (Phi) is 3.28. The molecule has 1 heterocycles. The zero-order valence-electron chi connectivity index (χ0n) is 9.90. The fraction of sp³-hybridized carbons (Fsp3) is 0.167. The lowest BCUT2D eigenvalue weighted by atomic mass is 10.2. The van der Waals surface area contributed by atoms with Crippen molar-refractivity contribution in [2.75, 3.05) is 5.73 Å². The van der Waals surface area contributed by atoms with Crippen molar-refractivity contribution in [2.45, 2.75) is 13.1 Å². The van der Waals surface area contributed by atoms with Gasteiger partial charge >= 0.3 is 12.2 Å². The van der Waals surface area contributed by atoms with Crippen LogP contribution in [0.15, 0.2) is 30.5 Å². The standard InChI is InChI=1S/C12H10F3N3O/c1-7-3-2-4-8(10(7)16)19-11-17-6-5-9(18-11)12(13,14)15/h2-6H,16H2,1H3. The maximum absolute atomic E-state index is 12.5. The Bertz CT molecular complexity index is 599. The summed E-state index contributed by atoms with van der Waals surface area (Å²) in [6, 6.07) is 5.34. The summed E-state index contributed by atoms with van der Waals surface area (Å²) in [6.45, 7) is 1.76. The molecule has 2 aromatic rings. The summed E-state index contributed by atoms with van der Waals surface area (Å²) in [5.74, 6) is 0.222. The molecule has 0 atom stereocenters. The molecule has 0 unspecified atom stereocenters. The van der Waals surface area contributed by atoms with Crippen LogP contribution in [0.2, 0.25) is 0 Å². The van der Waals surface area contributed by atoms with Gasteiger partial charge in [0.2, 0.25) is 0 Å². The van der Waals surface area contributed by atoms with Gasteiger partial charge in [-0.25, -0.2) is 4.98 Å². The molecule has 4 nitrogen and oxygen atoms in total. The van der Waals surface area contributed by atoms with Gasteiger partial charge in [0.05, 0.1) is 5.69 Å². The Balaban J connectivity index is 2.31. The maximum atomic E-state index is 12.5. The van der Waals surface area contributed by atoms with E-state index in [9.17, 15) is 13.2 Å². The quantitative estimate of drug-likeness (QED) is 0.850. The number of nitrogen functional groups attached to an aromatic ring is 1. The Morgan fingerprint density at radius 3 is 2.63 bits per heavy atom. The van der Waals surface area contributed by atoms with Crippen LogP contribution in [0.4, 0.5) is 18.9 Å². The molecule has 0 aliphatic heterocycles. The van der Waals surface area contributed by atoms with E-state index in [0.717, 1.165) is 17.8 Å². The number of aromatic nitrogens is 2. The summed E-state index contributed by atoms with van der Waals surface area (Å²) >= 11 is 0. The molecule has 1 aromatic carbocycles. The first-order valence-electron chi connectivity index (χ1n) is 5.31. The number of benzene rings is 1. The maximum Gasteiger partial charge on any atom is 0.433 e. The summed E-state index contributed by atoms with van der Waals surface area (Å²) in [7, 11) is 0. The molecule has 0 saturated heterocycles. The minimum absolute atomic E-state index is 0.222. The zero-order valence-corrected chi connectivity index (χ0v) is 9.90. The number of hydrogen-bond acceptors (Lipinski definition) is 4. The van der Waals surface area contributed by atoms with Crippen molar-refractivity contribution in [1.29, 1.82) is 0 Å². The predicted octanol–water partition coefficient (Wildman–Crippen LogP) is 3.18. The Morgan fingerprint density at radius 1 is 1.21 bits per heavy atom. The average molecular weight is 269 g/mol. The number of nitrogens with two attached hydrogens (primary N) is 1.